The molecule has 0 saturated carbocycles. The van der Waals surface area contributed by atoms with Gasteiger partial charge in [0.25, 0.3) is 0 Å². The van der Waals surface area contributed by atoms with Crippen molar-refractivity contribution in [2.45, 2.75) is 32.7 Å². The SMILES string of the molecule is CCNC(Cc1cc(CC)nn1C)c1cccc(Br)c1Cl. The molecular weight excluding hydrogens is 350 g/mol. The Labute approximate surface area is 139 Å². The zero-order valence-corrected chi connectivity index (χ0v) is 15.0. The molecule has 114 valence electrons. The number of likely N-dealkylation sites (N-methyl/N-ethyl adjacent to an activating group) is 1. The number of aromatic nitrogens is 2. The summed E-state index contributed by atoms with van der Waals surface area (Å²) in [5.74, 6) is 0. The standard InChI is InChI=1S/C16H21BrClN3/c1-4-11-9-12(21(3)20-11)10-15(19-5-2)13-7-6-8-14(17)16(13)18/h6-9,15,19H,4-5,10H2,1-3H3. The number of nitrogens with one attached hydrogen (secondary N) is 1. The van der Waals surface area contributed by atoms with Gasteiger partial charge in [-0.1, -0.05) is 37.6 Å². The summed E-state index contributed by atoms with van der Waals surface area (Å²) in [5.41, 5.74) is 3.46. The molecule has 0 aliphatic rings. The number of benzene rings is 1. The second-order valence-corrected chi connectivity index (χ2v) is 6.29. The molecule has 1 atom stereocenters. The smallest absolute Gasteiger partial charge is 0.0624 e. The maximum atomic E-state index is 6.45. The predicted molar refractivity (Wildman–Crippen MR) is 91.9 cm³/mol. The van der Waals surface area contributed by atoms with Crippen molar-refractivity contribution in [2.24, 2.45) is 7.05 Å². The van der Waals surface area contributed by atoms with Crippen molar-refractivity contribution in [2.75, 3.05) is 6.54 Å². The minimum atomic E-state index is 0.181. The molecule has 2 aromatic rings. The Morgan fingerprint density at radius 1 is 1.38 bits per heavy atom. The van der Waals surface area contributed by atoms with E-state index in [4.69, 9.17) is 11.6 Å². The molecule has 0 aliphatic carbocycles. The van der Waals surface area contributed by atoms with Crippen LogP contribution in [0, 0.1) is 0 Å². The number of aryl methyl sites for hydroxylation is 2. The second-order valence-electron chi connectivity index (χ2n) is 5.06. The Kier molecular flexibility index (Phi) is 5.85. The average molecular weight is 371 g/mol. The Balaban J connectivity index is 2.30. The van der Waals surface area contributed by atoms with Crippen LogP contribution in [0.25, 0.3) is 0 Å². The molecule has 1 aromatic heterocycles. The van der Waals surface area contributed by atoms with E-state index in [1.165, 1.54) is 5.69 Å². The molecule has 1 N–H and O–H groups in total. The van der Waals surface area contributed by atoms with Crippen molar-refractivity contribution >= 4 is 27.5 Å². The van der Waals surface area contributed by atoms with Gasteiger partial charge in [0.2, 0.25) is 0 Å². The highest BCUT2D eigenvalue weighted by Crippen LogP contribution is 2.31. The molecule has 0 fully saturated rings. The third-order valence-electron chi connectivity index (χ3n) is 3.61. The summed E-state index contributed by atoms with van der Waals surface area (Å²) in [7, 11) is 2.00. The van der Waals surface area contributed by atoms with Gasteiger partial charge in [0, 0.05) is 29.7 Å². The summed E-state index contributed by atoms with van der Waals surface area (Å²) < 4.78 is 2.90. The van der Waals surface area contributed by atoms with Gasteiger partial charge in [0.1, 0.15) is 0 Å². The predicted octanol–water partition coefficient (Wildman–Crippen LogP) is 4.29. The fourth-order valence-corrected chi connectivity index (χ4v) is 3.11. The first-order valence-electron chi connectivity index (χ1n) is 7.25. The molecule has 0 spiro atoms. The lowest BCUT2D eigenvalue weighted by molar-refractivity contribution is 0.528. The highest BCUT2D eigenvalue weighted by atomic mass is 79.9. The van der Waals surface area contributed by atoms with Gasteiger partial charge < -0.3 is 5.32 Å². The van der Waals surface area contributed by atoms with Crippen LogP contribution in [0.2, 0.25) is 5.02 Å². The minimum absolute atomic E-state index is 0.181. The molecule has 21 heavy (non-hydrogen) atoms. The van der Waals surface area contributed by atoms with Crippen molar-refractivity contribution in [3.05, 3.63) is 50.7 Å². The van der Waals surface area contributed by atoms with E-state index in [1.807, 2.05) is 23.9 Å². The molecule has 1 heterocycles. The van der Waals surface area contributed by atoms with E-state index in [0.717, 1.165) is 40.1 Å². The summed E-state index contributed by atoms with van der Waals surface area (Å²) in [5, 5.41) is 8.83. The first kappa shape index (κ1) is 16.5. The molecule has 1 aromatic carbocycles. The molecule has 0 radical (unpaired) electrons. The Morgan fingerprint density at radius 2 is 2.14 bits per heavy atom. The summed E-state index contributed by atoms with van der Waals surface area (Å²) in [4.78, 5) is 0. The van der Waals surface area contributed by atoms with Crippen LogP contribution in [0.5, 0.6) is 0 Å². The van der Waals surface area contributed by atoms with Crippen molar-refractivity contribution < 1.29 is 0 Å². The largest absolute Gasteiger partial charge is 0.310 e. The topological polar surface area (TPSA) is 29.9 Å². The van der Waals surface area contributed by atoms with Crippen LogP contribution >= 0.6 is 27.5 Å². The van der Waals surface area contributed by atoms with E-state index in [-0.39, 0.29) is 6.04 Å². The quantitative estimate of drug-likeness (QED) is 0.822. The molecule has 0 bridgehead atoms. The van der Waals surface area contributed by atoms with Crippen LogP contribution < -0.4 is 5.32 Å². The third-order valence-corrected chi connectivity index (χ3v) is 4.92. The first-order valence-corrected chi connectivity index (χ1v) is 8.43. The molecule has 1 unspecified atom stereocenters. The first-order chi connectivity index (χ1) is 10.1. The normalized spacial score (nSPS) is 12.6. The van der Waals surface area contributed by atoms with Gasteiger partial charge in [-0.15, -0.1) is 0 Å². The summed E-state index contributed by atoms with van der Waals surface area (Å²) in [6.07, 6.45) is 1.82. The van der Waals surface area contributed by atoms with Gasteiger partial charge in [0.05, 0.1) is 10.7 Å². The maximum absolute atomic E-state index is 6.45. The van der Waals surface area contributed by atoms with Crippen molar-refractivity contribution in [3.63, 3.8) is 0 Å². The van der Waals surface area contributed by atoms with Crippen LogP contribution in [-0.4, -0.2) is 16.3 Å². The van der Waals surface area contributed by atoms with Crippen LogP contribution in [0.15, 0.2) is 28.7 Å². The lowest BCUT2D eigenvalue weighted by Gasteiger charge is -2.20. The number of rotatable bonds is 6. The molecule has 0 aliphatic heterocycles. The van der Waals surface area contributed by atoms with Crippen LogP contribution in [0.3, 0.4) is 0 Å². The summed E-state index contributed by atoms with van der Waals surface area (Å²) in [6, 6.07) is 8.43. The number of hydrogen-bond donors (Lipinski definition) is 1. The molecule has 5 heteroatoms. The van der Waals surface area contributed by atoms with Crippen LogP contribution in [0.1, 0.15) is 36.8 Å². The van der Waals surface area contributed by atoms with Crippen molar-refractivity contribution in [3.8, 4) is 0 Å². The van der Waals surface area contributed by atoms with Gasteiger partial charge in [-0.3, -0.25) is 4.68 Å². The van der Waals surface area contributed by atoms with Gasteiger partial charge in [0.15, 0.2) is 0 Å². The Hall–Kier alpha value is -0.840. The number of hydrogen-bond acceptors (Lipinski definition) is 2. The fourth-order valence-electron chi connectivity index (χ4n) is 2.47. The van der Waals surface area contributed by atoms with Gasteiger partial charge in [-0.05, 0) is 46.6 Å². The Bertz CT molecular complexity index is 610. The monoisotopic (exact) mass is 369 g/mol. The van der Waals surface area contributed by atoms with E-state index in [9.17, 15) is 0 Å². The van der Waals surface area contributed by atoms with Gasteiger partial charge in [-0.2, -0.15) is 5.10 Å². The van der Waals surface area contributed by atoms with E-state index in [0.29, 0.717) is 0 Å². The van der Waals surface area contributed by atoms with E-state index >= 15 is 0 Å². The van der Waals surface area contributed by atoms with Crippen LogP contribution in [0.4, 0.5) is 0 Å². The average Bonchev–Trinajstić information content (AvgIpc) is 2.82. The van der Waals surface area contributed by atoms with E-state index in [1.54, 1.807) is 0 Å². The van der Waals surface area contributed by atoms with Crippen molar-refractivity contribution in [1.82, 2.24) is 15.1 Å². The fraction of sp³-hybridized carbons (Fsp3) is 0.438. The highest BCUT2D eigenvalue weighted by Gasteiger charge is 2.18. The molecular formula is C16H21BrClN3. The molecule has 2 rings (SSSR count). The van der Waals surface area contributed by atoms with Crippen LogP contribution in [-0.2, 0) is 19.9 Å². The molecule has 0 saturated heterocycles. The van der Waals surface area contributed by atoms with Gasteiger partial charge in [-0.25, -0.2) is 0 Å². The zero-order valence-electron chi connectivity index (χ0n) is 12.7. The minimum Gasteiger partial charge on any atom is -0.310 e. The zero-order chi connectivity index (χ0) is 15.4. The third kappa shape index (κ3) is 3.87. The van der Waals surface area contributed by atoms with Gasteiger partial charge >= 0.3 is 0 Å². The molecule has 0 amide bonds. The van der Waals surface area contributed by atoms with E-state index in [2.05, 4.69) is 52.3 Å². The lowest BCUT2D eigenvalue weighted by Crippen LogP contribution is -2.24. The number of halogens is 2. The lowest BCUT2D eigenvalue weighted by atomic mass is 10.0. The number of nitrogens with zero attached hydrogens (tertiary/aromatic N) is 2. The summed E-state index contributed by atoms with van der Waals surface area (Å²) >= 11 is 9.96. The molecule has 3 nitrogen and oxygen atoms in total. The summed E-state index contributed by atoms with van der Waals surface area (Å²) in [6.45, 7) is 5.13. The highest BCUT2D eigenvalue weighted by molar-refractivity contribution is 9.10. The second kappa shape index (κ2) is 7.43. The maximum Gasteiger partial charge on any atom is 0.0624 e. The Morgan fingerprint density at radius 3 is 2.76 bits per heavy atom. The van der Waals surface area contributed by atoms with E-state index < -0.39 is 0 Å². The van der Waals surface area contributed by atoms with Crippen molar-refractivity contribution in [1.29, 1.82) is 0 Å².